The number of hydrogen-bond donors (Lipinski definition) is 0. The normalized spacial score (nSPS) is 16.6. The summed E-state index contributed by atoms with van der Waals surface area (Å²) in [5, 5.41) is 5.02. The van der Waals surface area contributed by atoms with E-state index < -0.39 is 0 Å². The number of amides is 1. The molecule has 7 nitrogen and oxygen atoms in total. The highest BCUT2D eigenvalue weighted by Crippen LogP contribution is 2.15. The van der Waals surface area contributed by atoms with Crippen molar-refractivity contribution in [1.82, 2.24) is 29.4 Å². The van der Waals surface area contributed by atoms with Crippen molar-refractivity contribution >= 4 is 23.4 Å². The van der Waals surface area contributed by atoms with Gasteiger partial charge in [0.2, 0.25) is 5.16 Å². The van der Waals surface area contributed by atoms with Gasteiger partial charge in [0.05, 0.1) is 11.3 Å². The summed E-state index contributed by atoms with van der Waals surface area (Å²) in [6.07, 6.45) is 3.53. The summed E-state index contributed by atoms with van der Waals surface area (Å²) >= 11 is 1.46. The van der Waals surface area contributed by atoms with E-state index in [9.17, 15) is 4.79 Å². The molecule has 1 saturated heterocycles. The molecule has 21 heavy (non-hydrogen) atoms. The number of likely N-dealkylation sites (N-methyl/N-ethyl adjacent to an activating group) is 1. The molecule has 8 heteroatoms. The summed E-state index contributed by atoms with van der Waals surface area (Å²) in [5.41, 5.74) is 1.39. The van der Waals surface area contributed by atoms with Crippen LogP contribution in [0.1, 0.15) is 16.1 Å². The second-order valence-corrected chi connectivity index (χ2v) is 5.94. The van der Waals surface area contributed by atoms with Crippen LogP contribution >= 0.6 is 11.8 Å². The van der Waals surface area contributed by atoms with Gasteiger partial charge in [0.25, 0.3) is 11.7 Å². The fourth-order valence-electron chi connectivity index (χ4n) is 2.40. The summed E-state index contributed by atoms with van der Waals surface area (Å²) in [5.74, 6) is 0.558. The second kappa shape index (κ2) is 5.61. The zero-order valence-electron chi connectivity index (χ0n) is 12.4. The average Bonchev–Trinajstić information content (AvgIpc) is 2.92. The molecule has 112 valence electrons. The maximum absolute atomic E-state index is 12.6. The van der Waals surface area contributed by atoms with Gasteiger partial charge in [-0.2, -0.15) is 9.50 Å². The van der Waals surface area contributed by atoms with Crippen molar-refractivity contribution in [2.45, 2.75) is 12.1 Å². The highest BCUT2D eigenvalue weighted by Gasteiger charge is 2.23. The molecular formula is C13H18N6OS. The fourth-order valence-corrected chi connectivity index (χ4v) is 2.74. The van der Waals surface area contributed by atoms with Gasteiger partial charge in [-0.3, -0.25) is 4.79 Å². The zero-order chi connectivity index (χ0) is 15.0. The molecule has 1 amide bonds. The molecule has 3 rings (SSSR count). The summed E-state index contributed by atoms with van der Waals surface area (Å²) in [6.45, 7) is 5.19. The van der Waals surface area contributed by atoms with Gasteiger partial charge < -0.3 is 9.80 Å². The molecule has 1 fully saturated rings. The second-order valence-electron chi connectivity index (χ2n) is 5.16. The van der Waals surface area contributed by atoms with Crippen molar-refractivity contribution in [3.05, 3.63) is 17.5 Å². The van der Waals surface area contributed by atoms with E-state index >= 15 is 0 Å². The lowest BCUT2D eigenvalue weighted by atomic mass is 10.2. The van der Waals surface area contributed by atoms with Crippen LogP contribution in [0.4, 0.5) is 0 Å². The first-order valence-electron chi connectivity index (χ1n) is 6.84. The molecule has 2 aromatic rings. The van der Waals surface area contributed by atoms with E-state index in [4.69, 9.17) is 0 Å². The highest BCUT2D eigenvalue weighted by molar-refractivity contribution is 7.98. The molecule has 2 aromatic heterocycles. The van der Waals surface area contributed by atoms with E-state index in [-0.39, 0.29) is 5.91 Å². The van der Waals surface area contributed by atoms with Crippen molar-refractivity contribution in [1.29, 1.82) is 0 Å². The minimum Gasteiger partial charge on any atom is -0.336 e. The van der Waals surface area contributed by atoms with Gasteiger partial charge in [0, 0.05) is 32.4 Å². The molecule has 0 bridgehead atoms. The number of nitrogens with zero attached hydrogens (tertiary/aromatic N) is 6. The first-order valence-corrected chi connectivity index (χ1v) is 8.07. The quantitative estimate of drug-likeness (QED) is 0.755. The lowest BCUT2D eigenvalue weighted by Crippen LogP contribution is -2.47. The molecule has 1 aliphatic rings. The monoisotopic (exact) mass is 306 g/mol. The molecule has 0 aromatic carbocycles. The Hall–Kier alpha value is -1.67. The summed E-state index contributed by atoms with van der Waals surface area (Å²) in [4.78, 5) is 25.3. The Kier molecular flexibility index (Phi) is 3.81. The molecule has 0 atom stereocenters. The van der Waals surface area contributed by atoms with E-state index in [1.807, 2.05) is 18.1 Å². The van der Waals surface area contributed by atoms with Crippen LogP contribution in [0.15, 0.2) is 11.4 Å². The van der Waals surface area contributed by atoms with Crippen LogP contribution in [0.2, 0.25) is 0 Å². The third-order valence-electron chi connectivity index (χ3n) is 3.79. The lowest BCUT2D eigenvalue weighted by molar-refractivity contribution is 0.0662. The number of carbonyl (C=O) groups is 1. The smallest absolute Gasteiger partial charge is 0.257 e. The first kappa shape index (κ1) is 14.3. The lowest BCUT2D eigenvalue weighted by Gasteiger charge is -2.32. The molecule has 3 heterocycles. The Morgan fingerprint density at radius 1 is 1.29 bits per heavy atom. The van der Waals surface area contributed by atoms with E-state index in [0.29, 0.717) is 16.5 Å². The van der Waals surface area contributed by atoms with E-state index in [0.717, 1.165) is 31.9 Å². The molecule has 0 N–H and O–H groups in total. The number of rotatable bonds is 2. The molecular weight excluding hydrogens is 288 g/mol. The van der Waals surface area contributed by atoms with Crippen LogP contribution < -0.4 is 0 Å². The van der Waals surface area contributed by atoms with Gasteiger partial charge in [-0.05, 0) is 20.2 Å². The number of aromatic nitrogens is 4. The van der Waals surface area contributed by atoms with Gasteiger partial charge >= 0.3 is 0 Å². The molecule has 0 unspecified atom stereocenters. The topological polar surface area (TPSA) is 66.6 Å². The standard InChI is InChI=1S/C13H18N6OS/c1-9-10(11(20)18-6-4-17(2)5-7-18)8-14-12-15-13(21-3)16-19(9)12/h8H,4-7H2,1-3H3. The van der Waals surface area contributed by atoms with Crippen LogP contribution in [0.5, 0.6) is 0 Å². The van der Waals surface area contributed by atoms with Crippen LogP contribution in [-0.2, 0) is 0 Å². The summed E-state index contributed by atoms with van der Waals surface area (Å²) in [7, 11) is 2.07. The van der Waals surface area contributed by atoms with Gasteiger partial charge in [0.15, 0.2) is 0 Å². The van der Waals surface area contributed by atoms with Gasteiger partial charge in [-0.1, -0.05) is 11.8 Å². The summed E-state index contributed by atoms with van der Waals surface area (Å²) in [6, 6.07) is 0. The predicted molar refractivity (Wildman–Crippen MR) is 80.7 cm³/mol. The number of fused-ring (bicyclic) bond motifs is 1. The molecule has 0 radical (unpaired) electrons. The van der Waals surface area contributed by atoms with Crippen LogP contribution in [0.25, 0.3) is 5.78 Å². The summed E-state index contributed by atoms with van der Waals surface area (Å²) < 4.78 is 1.65. The maximum atomic E-state index is 12.6. The minimum atomic E-state index is 0.0243. The zero-order valence-corrected chi connectivity index (χ0v) is 13.2. The van der Waals surface area contributed by atoms with Crippen LogP contribution in [0, 0.1) is 6.92 Å². The third kappa shape index (κ3) is 2.60. The van der Waals surface area contributed by atoms with E-state index in [1.165, 1.54) is 11.8 Å². The average molecular weight is 306 g/mol. The van der Waals surface area contributed by atoms with Crippen molar-refractivity contribution in [2.75, 3.05) is 39.5 Å². The molecule has 0 aliphatic carbocycles. The van der Waals surface area contributed by atoms with Gasteiger partial charge in [-0.15, -0.1) is 5.10 Å². The van der Waals surface area contributed by atoms with Gasteiger partial charge in [0.1, 0.15) is 0 Å². The Morgan fingerprint density at radius 2 is 2.00 bits per heavy atom. The minimum absolute atomic E-state index is 0.0243. The van der Waals surface area contributed by atoms with Crippen molar-refractivity contribution in [2.24, 2.45) is 0 Å². The Morgan fingerprint density at radius 3 is 2.67 bits per heavy atom. The number of carbonyl (C=O) groups excluding carboxylic acids is 1. The SMILES string of the molecule is CSc1nc2ncc(C(=O)N3CCN(C)CC3)c(C)n2n1. The largest absolute Gasteiger partial charge is 0.336 e. The first-order chi connectivity index (χ1) is 10.1. The van der Waals surface area contributed by atoms with E-state index in [2.05, 4.69) is 27.0 Å². The fraction of sp³-hybridized carbons (Fsp3) is 0.538. The molecule has 0 saturated carbocycles. The van der Waals surface area contributed by atoms with Crippen LogP contribution in [0.3, 0.4) is 0 Å². The highest BCUT2D eigenvalue weighted by atomic mass is 32.2. The molecule has 1 aliphatic heterocycles. The third-order valence-corrected chi connectivity index (χ3v) is 4.33. The Labute approximate surface area is 127 Å². The number of hydrogen-bond acceptors (Lipinski definition) is 6. The Bertz CT molecular complexity index is 677. The van der Waals surface area contributed by atoms with Crippen molar-refractivity contribution < 1.29 is 4.79 Å². The van der Waals surface area contributed by atoms with Crippen LogP contribution in [-0.4, -0.2) is 74.8 Å². The molecule has 0 spiro atoms. The van der Waals surface area contributed by atoms with Crippen molar-refractivity contribution in [3.63, 3.8) is 0 Å². The maximum Gasteiger partial charge on any atom is 0.257 e. The number of thioether (sulfide) groups is 1. The van der Waals surface area contributed by atoms with Gasteiger partial charge in [-0.25, -0.2) is 4.98 Å². The Balaban J connectivity index is 1.92. The number of piperazine rings is 1. The predicted octanol–water partition coefficient (Wildman–Crippen LogP) is 0.542. The number of aryl methyl sites for hydroxylation is 1. The van der Waals surface area contributed by atoms with E-state index in [1.54, 1.807) is 10.7 Å². The van der Waals surface area contributed by atoms with Crippen molar-refractivity contribution in [3.8, 4) is 0 Å².